The Bertz CT molecular complexity index is 1080. The van der Waals surface area contributed by atoms with Crippen molar-refractivity contribution in [3.05, 3.63) is 47.5 Å². The molecule has 2 aromatic carbocycles. The molecule has 0 radical (unpaired) electrons. The number of benzene rings is 2. The van der Waals surface area contributed by atoms with E-state index >= 15 is 0 Å². The van der Waals surface area contributed by atoms with Gasteiger partial charge in [-0.1, -0.05) is 23.7 Å². The van der Waals surface area contributed by atoms with Gasteiger partial charge in [-0.2, -0.15) is 4.31 Å². The summed E-state index contributed by atoms with van der Waals surface area (Å²) in [6.07, 6.45) is 1.24. The lowest BCUT2D eigenvalue weighted by Crippen LogP contribution is -2.48. The molecular weight excluding hydrogens is 440 g/mol. The van der Waals surface area contributed by atoms with E-state index < -0.39 is 15.9 Å². The van der Waals surface area contributed by atoms with Crippen molar-refractivity contribution in [2.24, 2.45) is 5.92 Å². The second-order valence-electron chi connectivity index (χ2n) is 7.53. The molecule has 31 heavy (non-hydrogen) atoms. The van der Waals surface area contributed by atoms with Crippen LogP contribution in [0.2, 0.25) is 5.02 Å². The van der Waals surface area contributed by atoms with Crippen LogP contribution in [0.3, 0.4) is 0 Å². The third-order valence-corrected chi connectivity index (χ3v) is 7.67. The summed E-state index contributed by atoms with van der Waals surface area (Å²) >= 11 is 6.08. The number of carbonyl (C=O) groups excluding carboxylic acids is 1. The second-order valence-corrected chi connectivity index (χ2v) is 9.88. The maximum absolute atomic E-state index is 13.4. The first-order valence-electron chi connectivity index (χ1n) is 10.4. The molecule has 1 amide bonds. The van der Waals surface area contributed by atoms with Crippen molar-refractivity contribution in [3.8, 4) is 11.5 Å². The van der Waals surface area contributed by atoms with Gasteiger partial charge in [-0.05, 0) is 50.1 Å². The lowest BCUT2D eigenvalue weighted by atomic mass is 9.97. The predicted octanol–water partition coefficient (Wildman–Crippen LogP) is 3.57. The fourth-order valence-corrected chi connectivity index (χ4v) is 6.00. The fraction of sp³-hybridized carbons (Fsp3) is 0.409. The van der Waals surface area contributed by atoms with Gasteiger partial charge in [-0.25, -0.2) is 8.42 Å². The number of ether oxygens (including phenoxy) is 2. The number of fused-ring (bicyclic) bond motifs is 1. The molecule has 2 heterocycles. The second kappa shape index (κ2) is 9.06. The zero-order valence-corrected chi connectivity index (χ0v) is 18.9. The molecule has 2 aromatic rings. The van der Waals surface area contributed by atoms with Gasteiger partial charge in [0.1, 0.15) is 23.0 Å². The number of nitrogens with zero attached hydrogens (tertiary/aromatic N) is 2. The molecule has 2 aliphatic rings. The van der Waals surface area contributed by atoms with Crippen LogP contribution >= 0.6 is 11.6 Å². The molecule has 0 spiro atoms. The highest BCUT2D eigenvalue weighted by Crippen LogP contribution is 2.35. The molecule has 7 nitrogen and oxygen atoms in total. The number of carbonyl (C=O) groups is 1. The number of sulfonamides is 1. The summed E-state index contributed by atoms with van der Waals surface area (Å²) in [6.45, 7) is 3.46. The zero-order valence-electron chi connectivity index (χ0n) is 17.3. The largest absolute Gasteiger partial charge is 0.492 e. The summed E-state index contributed by atoms with van der Waals surface area (Å²) in [7, 11) is -3.87. The lowest BCUT2D eigenvalue weighted by Gasteiger charge is -2.36. The van der Waals surface area contributed by atoms with E-state index in [9.17, 15) is 13.2 Å². The molecular formula is C22H25ClN2O5S. The van der Waals surface area contributed by atoms with Gasteiger partial charge >= 0.3 is 0 Å². The molecule has 0 N–H and O–H groups in total. The molecule has 0 bridgehead atoms. The van der Waals surface area contributed by atoms with Crippen LogP contribution in [0, 0.1) is 5.92 Å². The molecule has 0 aromatic heterocycles. The highest BCUT2D eigenvalue weighted by atomic mass is 35.5. The average Bonchev–Trinajstić information content (AvgIpc) is 2.79. The molecule has 1 saturated heterocycles. The summed E-state index contributed by atoms with van der Waals surface area (Å²) in [4.78, 5) is 15.1. The molecule has 0 unspecified atom stereocenters. The number of piperidine rings is 1. The van der Waals surface area contributed by atoms with Crippen LogP contribution in [0.1, 0.15) is 19.8 Å². The van der Waals surface area contributed by atoms with E-state index in [1.54, 1.807) is 24.0 Å². The van der Waals surface area contributed by atoms with Gasteiger partial charge in [0, 0.05) is 18.1 Å². The SMILES string of the molecule is CCOc1ccc(Cl)cc1S(=O)(=O)N1CCC[C@@H](C(=O)N2CCOc3ccccc32)C1. The van der Waals surface area contributed by atoms with E-state index in [0.29, 0.717) is 49.9 Å². The van der Waals surface area contributed by atoms with Crippen molar-refractivity contribution in [2.75, 3.05) is 37.7 Å². The number of amides is 1. The summed E-state index contributed by atoms with van der Waals surface area (Å²) in [5.41, 5.74) is 0.729. The minimum Gasteiger partial charge on any atom is -0.492 e. The van der Waals surface area contributed by atoms with Crippen LogP contribution in [0.25, 0.3) is 0 Å². The minimum atomic E-state index is -3.87. The van der Waals surface area contributed by atoms with E-state index in [4.69, 9.17) is 21.1 Å². The number of hydrogen-bond donors (Lipinski definition) is 0. The van der Waals surface area contributed by atoms with Crippen molar-refractivity contribution in [2.45, 2.75) is 24.7 Å². The predicted molar refractivity (Wildman–Crippen MR) is 118 cm³/mol. The van der Waals surface area contributed by atoms with Gasteiger partial charge < -0.3 is 14.4 Å². The van der Waals surface area contributed by atoms with Crippen LogP contribution in [-0.4, -0.2) is 51.5 Å². The first-order chi connectivity index (χ1) is 14.9. The monoisotopic (exact) mass is 464 g/mol. The van der Waals surface area contributed by atoms with E-state index in [0.717, 1.165) is 5.69 Å². The Kier molecular flexibility index (Phi) is 6.41. The van der Waals surface area contributed by atoms with Gasteiger partial charge in [0.15, 0.2) is 0 Å². The van der Waals surface area contributed by atoms with Crippen molar-refractivity contribution >= 4 is 33.2 Å². The number of anilines is 1. The summed E-state index contributed by atoms with van der Waals surface area (Å²) < 4.78 is 39.4. The highest BCUT2D eigenvalue weighted by Gasteiger charge is 2.37. The van der Waals surface area contributed by atoms with Crippen LogP contribution in [-0.2, 0) is 14.8 Å². The van der Waals surface area contributed by atoms with E-state index in [1.807, 2.05) is 24.3 Å². The third kappa shape index (κ3) is 4.37. The standard InChI is InChI=1S/C22H25ClN2O5S/c1-2-29-20-10-9-17(23)14-21(20)31(27,28)24-11-5-6-16(15-24)22(26)25-12-13-30-19-8-4-3-7-18(19)25/h3-4,7-10,14,16H,2,5-6,11-13,15H2,1H3/t16-/m1/s1. The molecule has 166 valence electrons. The summed E-state index contributed by atoms with van der Waals surface area (Å²) in [5, 5.41) is 0.316. The Hall–Kier alpha value is -2.29. The van der Waals surface area contributed by atoms with Crippen LogP contribution in [0.4, 0.5) is 5.69 Å². The average molecular weight is 465 g/mol. The Morgan fingerprint density at radius 3 is 2.84 bits per heavy atom. The van der Waals surface area contributed by atoms with Crippen molar-refractivity contribution in [1.82, 2.24) is 4.31 Å². The smallest absolute Gasteiger partial charge is 0.246 e. The van der Waals surface area contributed by atoms with E-state index in [2.05, 4.69) is 0 Å². The molecule has 2 aliphatic heterocycles. The van der Waals surface area contributed by atoms with E-state index in [1.165, 1.54) is 10.4 Å². The Morgan fingerprint density at radius 1 is 1.23 bits per heavy atom. The molecule has 1 fully saturated rings. The topological polar surface area (TPSA) is 76.2 Å². The number of hydrogen-bond acceptors (Lipinski definition) is 5. The summed E-state index contributed by atoms with van der Waals surface area (Å²) in [6, 6.07) is 12.0. The fourth-order valence-electron chi connectivity index (χ4n) is 4.08. The van der Waals surface area contributed by atoms with E-state index in [-0.39, 0.29) is 23.1 Å². The lowest BCUT2D eigenvalue weighted by molar-refractivity contribution is -0.123. The third-order valence-electron chi connectivity index (χ3n) is 5.55. The maximum atomic E-state index is 13.4. The van der Waals surface area contributed by atoms with Gasteiger partial charge in [-0.15, -0.1) is 0 Å². The van der Waals surface area contributed by atoms with Gasteiger partial charge in [0.25, 0.3) is 0 Å². The van der Waals surface area contributed by atoms with Gasteiger partial charge in [0.2, 0.25) is 15.9 Å². The first kappa shape index (κ1) is 21.9. The Morgan fingerprint density at radius 2 is 2.03 bits per heavy atom. The molecule has 0 saturated carbocycles. The number of rotatable bonds is 5. The first-order valence-corrected chi connectivity index (χ1v) is 12.2. The number of halogens is 1. The number of para-hydroxylation sites is 2. The molecule has 1 atom stereocenters. The molecule has 9 heteroatoms. The van der Waals surface area contributed by atoms with Gasteiger partial charge in [0.05, 0.1) is 24.8 Å². The van der Waals surface area contributed by atoms with Crippen LogP contribution in [0.5, 0.6) is 11.5 Å². The minimum absolute atomic E-state index is 0.0340. The van der Waals surface area contributed by atoms with Crippen LogP contribution in [0.15, 0.2) is 47.4 Å². The van der Waals surface area contributed by atoms with Crippen molar-refractivity contribution in [1.29, 1.82) is 0 Å². The maximum Gasteiger partial charge on any atom is 0.246 e. The highest BCUT2D eigenvalue weighted by molar-refractivity contribution is 7.89. The Labute approximate surface area is 187 Å². The summed E-state index contributed by atoms with van der Waals surface area (Å²) in [5.74, 6) is 0.432. The quantitative estimate of drug-likeness (QED) is 0.676. The van der Waals surface area contributed by atoms with Gasteiger partial charge in [-0.3, -0.25) is 4.79 Å². The molecule has 4 rings (SSSR count). The zero-order chi connectivity index (χ0) is 22.0. The van der Waals surface area contributed by atoms with Crippen molar-refractivity contribution < 1.29 is 22.7 Å². The molecule has 0 aliphatic carbocycles. The van der Waals surface area contributed by atoms with Crippen molar-refractivity contribution in [3.63, 3.8) is 0 Å². The Balaban J connectivity index is 1.58. The normalized spacial score (nSPS) is 19.4. The van der Waals surface area contributed by atoms with Crippen LogP contribution < -0.4 is 14.4 Å².